The lowest BCUT2D eigenvalue weighted by Gasteiger charge is -2.34. The topological polar surface area (TPSA) is 12.5 Å². The normalized spacial score (nSPS) is 27.5. The van der Waals surface area contributed by atoms with Gasteiger partial charge in [-0.3, -0.25) is 4.90 Å². The van der Waals surface area contributed by atoms with Gasteiger partial charge in [0.2, 0.25) is 0 Å². The van der Waals surface area contributed by atoms with Gasteiger partial charge in [0.05, 0.1) is 6.10 Å². The van der Waals surface area contributed by atoms with Gasteiger partial charge in [0.1, 0.15) is 0 Å². The van der Waals surface area contributed by atoms with Crippen LogP contribution in [0.25, 0.3) is 0 Å². The van der Waals surface area contributed by atoms with E-state index in [0.29, 0.717) is 6.10 Å². The van der Waals surface area contributed by atoms with Crippen molar-refractivity contribution in [3.05, 3.63) is 34.9 Å². The van der Waals surface area contributed by atoms with E-state index < -0.39 is 0 Å². The molecule has 0 amide bonds. The molecule has 2 heteroatoms. The zero-order chi connectivity index (χ0) is 13.2. The van der Waals surface area contributed by atoms with Gasteiger partial charge in [0.25, 0.3) is 0 Å². The van der Waals surface area contributed by atoms with Crippen molar-refractivity contribution in [3.63, 3.8) is 0 Å². The molecule has 1 aromatic carbocycles. The number of rotatable bonds is 3. The van der Waals surface area contributed by atoms with E-state index >= 15 is 0 Å². The maximum absolute atomic E-state index is 5.51. The lowest BCUT2D eigenvalue weighted by Crippen LogP contribution is -2.38. The van der Waals surface area contributed by atoms with E-state index in [1.165, 1.54) is 37.8 Å². The number of hydrogen-bond donors (Lipinski definition) is 0. The van der Waals surface area contributed by atoms with Gasteiger partial charge < -0.3 is 4.74 Å². The van der Waals surface area contributed by atoms with Crippen molar-refractivity contribution in [2.24, 2.45) is 0 Å². The number of ether oxygens (including phenoxy) is 1. The summed E-state index contributed by atoms with van der Waals surface area (Å²) in [4.78, 5) is 2.67. The summed E-state index contributed by atoms with van der Waals surface area (Å²) in [7, 11) is 1.85. The molecule has 0 N–H and O–H groups in total. The average molecular weight is 259 g/mol. The Morgan fingerprint density at radius 3 is 2.89 bits per heavy atom. The summed E-state index contributed by atoms with van der Waals surface area (Å²) in [5.41, 5.74) is 4.61. The van der Waals surface area contributed by atoms with Gasteiger partial charge in [0.15, 0.2) is 0 Å². The van der Waals surface area contributed by atoms with E-state index in [1.807, 2.05) is 7.11 Å². The molecule has 3 rings (SSSR count). The van der Waals surface area contributed by atoms with E-state index in [0.717, 1.165) is 19.0 Å². The molecule has 19 heavy (non-hydrogen) atoms. The van der Waals surface area contributed by atoms with Crippen molar-refractivity contribution in [2.75, 3.05) is 13.7 Å². The van der Waals surface area contributed by atoms with Gasteiger partial charge in [-0.15, -0.1) is 0 Å². The van der Waals surface area contributed by atoms with E-state index in [-0.39, 0.29) is 0 Å². The summed E-state index contributed by atoms with van der Waals surface area (Å²) in [5, 5.41) is 0. The maximum Gasteiger partial charge on any atom is 0.0586 e. The quantitative estimate of drug-likeness (QED) is 0.826. The summed E-state index contributed by atoms with van der Waals surface area (Å²) in [5.74, 6) is 0. The average Bonchev–Trinajstić information content (AvgIpc) is 2.95. The molecule has 1 aliphatic heterocycles. The second kappa shape index (κ2) is 5.64. The predicted molar refractivity (Wildman–Crippen MR) is 78.4 cm³/mol. The van der Waals surface area contributed by atoms with Crippen molar-refractivity contribution in [2.45, 2.75) is 57.7 Å². The number of benzene rings is 1. The summed E-state index contributed by atoms with van der Waals surface area (Å²) < 4.78 is 5.51. The molecule has 2 nitrogen and oxygen atoms in total. The molecule has 0 aromatic heterocycles. The third-order valence-electron chi connectivity index (χ3n) is 4.93. The van der Waals surface area contributed by atoms with Crippen LogP contribution in [0.1, 0.15) is 42.9 Å². The van der Waals surface area contributed by atoms with Crippen LogP contribution in [0, 0.1) is 0 Å². The molecule has 2 unspecified atom stereocenters. The Labute approximate surface area is 116 Å². The molecule has 0 bridgehead atoms. The first-order valence-corrected chi connectivity index (χ1v) is 7.67. The van der Waals surface area contributed by atoms with Crippen molar-refractivity contribution in [1.82, 2.24) is 4.90 Å². The molecule has 1 fully saturated rings. The number of methoxy groups -OCH3 is 1. The number of hydrogen-bond acceptors (Lipinski definition) is 2. The van der Waals surface area contributed by atoms with Gasteiger partial charge in [-0.2, -0.15) is 0 Å². The monoisotopic (exact) mass is 259 g/mol. The Balaban J connectivity index is 1.69. The van der Waals surface area contributed by atoms with E-state index in [2.05, 4.69) is 30.0 Å². The largest absolute Gasteiger partial charge is 0.381 e. The molecule has 1 aliphatic carbocycles. The minimum atomic E-state index is 0.494. The van der Waals surface area contributed by atoms with Gasteiger partial charge in [-0.25, -0.2) is 0 Å². The summed E-state index contributed by atoms with van der Waals surface area (Å²) in [6, 6.07) is 7.81. The molecular weight excluding hydrogens is 234 g/mol. The highest BCUT2D eigenvalue weighted by atomic mass is 16.5. The molecule has 1 heterocycles. The Bertz CT molecular complexity index is 443. The molecule has 1 aromatic rings. The van der Waals surface area contributed by atoms with E-state index in [4.69, 9.17) is 4.74 Å². The van der Waals surface area contributed by atoms with Gasteiger partial charge in [0, 0.05) is 26.2 Å². The van der Waals surface area contributed by atoms with Crippen LogP contribution in [0.3, 0.4) is 0 Å². The number of nitrogens with zero attached hydrogens (tertiary/aromatic N) is 1. The smallest absolute Gasteiger partial charge is 0.0586 e. The van der Waals surface area contributed by atoms with E-state index in [9.17, 15) is 0 Å². The Morgan fingerprint density at radius 1 is 1.26 bits per heavy atom. The molecule has 1 saturated carbocycles. The van der Waals surface area contributed by atoms with Crippen LogP contribution in [0.5, 0.6) is 0 Å². The molecule has 2 aliphatic rings. The first kappa shape index (κ1) is 13.1. The summed E-state index contributed by atoms with van der Waals surface area (Å²) in [6.07, 6.45) is 6.62. The zero-order valence-corrected chi connectivity index (χ0v) is 12.2. The third-order valence-corrected chi connectivity index (χ3v) is 4.93. The first-order chi connectivity index (χ1) is 9.30. The fraction of sp³-hybridized carbons (Fsp3) is 0.647. The highest BCUT2D eigenvalue weighted by Crippen LogP contribution is 2.30. The van der Waals surface area contributed by atoms with Crippen LogP contribution in [0.4, 0.5) is 0 Å². The van der Waals surface area contributed by atoms with Gasteiger partial charge >= 0.3 is 0 Å². The number of aryl methyl sites for hydroxylation is 1. The maximum atomic E-state index is 5.51. The Hall–Kier alpha value is -0.860. The molecule has 0 saturated heterocycles. The zero-order valence-electron chi connectivity index (χ0n) is 12.2. The Morgan fingerprint density at radius 2 is 2.16 bits per heavy atom. The van der Waals surface area contributed by atoms with Crippen LogP contribution in [0.15, 0.2) is 18.2 Å². The van der Waals surface area contributed by atoms with Crippen molar-refractivity contribution in [3.8, 4) is 0 Å². The van der Waals surface area contributed by atoms with Crippen LogP contribution >= 0.6 is 0 Å². The van der Waals surface area contributed by atoms with Crippen LogP contribution < -0.4 is 0 Å². The Kier molecular flexibility index (Phi) is 3.90. The van der Waals surface area contributed by atoms with Gasteiger partial charge in [-0.05, 0) is 48.8 Å². The standard InChI is InChI=1S/C17H25NO/c1-3-13-4-5-15-12-18(9-8-14(15)10-13)16-6-7-17(11-16)19-2/h4-5,10,16-17H,3,6-9,11-12H2,1-2H3. The molecule has 0 spiro atoms. The highest BCUT2D eigenvalue weighted by molar-refractivity contribution is 5.34. The summed E-state index contributed by atoms with van der Waals surface area (Å²) >= 11 is 0. The highest BCUT2D eigenvalue weighted by Gasteiger charge is 2.30. The van der Waals surface area contributed by atoms with Crippen LogP contribution in [-0.2, 0) is 24.1 Å². The first-order valence-electron chi connectivity index (χ1n) is 7.67. The fourth-order valence-corrected chi connectivity index (χ4v) is 3.62. The lowest BCUT2D eigenvalue weighted by atomic mass is 9.95. The number of fused-ring (bicyclic) bond motifs is 1. The fourth-order valence-electron chi connectivity index (χ4n) is 3.62. The second-order valence-electron chi connectivity index (χ2n) is 6.00. The summed E-state index contributed by atoms with van der Waals surface area (Å²) in [6.45, 7) is 4.60. The molecular formula is C17H25NO. The van der Waals surface area contributed by atoms with Gasteiger partial charge in [-0.1, -0.05) is 25.1 Å². The minimum absolute atomic E-state index is 0.494. The van der Waals surface area contributed by atoms with Crippen molar-refractivity contribution in [1.29, 1.82) is 0 Å². The predicted octanol–water partition coefficient (Wildman–Crippen LogP) is 3.17. The second-order valence-corrected chi connectivity index (χ2v) is 6.00. The molecule has 0 radical (unpaired) electrons. The van der Waals surface area contributed by atoms with Crippen molar-refractivity contribution >= 4 is 0 Å². The SMILES string of the molecule is CCc1ccc2c(c1)CCN(C1CCC(OC)C1)C2. The molecule has 2 atom stereocenters. The lowest BCUT2D eigenvalue weighted by molar-refractivity contribution is 0.0941. The third kappa shape index (κ3) is 2.70. The van der Waals surface area contributed by atoms with Crippen molar-refractivity contribution < 1.29 is 4.74 Å². The van der Waals surface area contributed by atoms with Crippen LogP contribution in [0.2, 0.25) is 0 Å². The van der Waals surface area contributed by atoms with Crippen LogP contribution in [-0.4, -0.2) is 30.7 Å². The minimum Gasteiger partial charge on any atom is -0.381 e. The van der Waals surface area contributed by atoms with E-state index in [1.54, 1.807) is 11.1 Å². The molecule has 104 valence electrons.